The lowest BCUT2D eigenvalue weighted by atomic mass is 10.0. The summed E-state index contributed by atoms with van der Waals surface area (Å²) < 4.78 is 285. The molecule has 0 N–H and O–H groups in total. The lowest BCUT2D eigenvalue weighted by molar-refractivity contribution is -0.144. The number of rotatable bonds is 7. The Hall–Kier alpha value is -6.48. The van der Waals surface area contributed by atoms with Crippen LogP contribution in [0, 0.1) is 60.4 Å². The van der Waals surface area contributed by atoms with Gasteiger partial charge in [0.15, 0.2) is 46.5 Å². The Bertz CT molecular complexity index is 2560. The van der Waals surface area contributed by atoms with Crippen molar-refractivity contribution in [2.75, 3.05) is 9.80 Å². The third-order valence-electron chi connectivity index (χ3n) is 9.37. The van der Waals surface area contributed by atoms with Crippen LogP contribution in [-0.2, 0) is 24.7 Å². The van der Waals surface area contributed by atoms with E-state index in [4.69, 9.17) is 0 Å². The fourth-order valence-electron chi connectivity index (χ4n) is 6.66. The molecule has 6 rings (SSSR count). The molecule has 0 spiro atoms. The van der Waals surface area contributed by atoms with E-state index in [2.05, 4.69) is 0 Å². The summed E-state index contributed by atoms with van der Waals surface area (Å²) in [4.78, 5) is 0.291. The molecular weight excluding hydrogens is 912 g/mol. The zero-order valence-corrected chi connectivity index (χ0v) is 31.5. The number of hydrogen-bond donors (Lipinski definition) is 0. The molecule has 0 amide bonds. The van der Waals surface area contributed by atoms with Crippen LogP contribution in [0.2, 0.25) is 0 Å². The molecule has 0 aliphatic rings. The van der Waals surface area contributed by atoms with Gasteiger partial charge in [-0.2, -0.15) is 52.7 Å². The van der Waals surface area contributed by atoms with E-state index in [1.54, 1.807) is 0 Å². The van der Waals surface area contributed by atoms with Gasteiger partial charge in [-0.15, -0.1) is 0 Å². The maximum absolute atomic E-state index is 15.4. The first-order valence-electron chi connectivity index (χ1n) is 17.5. The van der Waals surface area contributed by atoms with Crippen LogP contribution in [-0.4, -0.2) is 0 Å². The highest BCUT2D eigenvalue weighted by atomic mass is 19.4. The second-order valence-corrected chi connectivity index (χ2v) is 13.8. The second kappa shape index (κ2) is 16.3. The SMILES string of the molecule is Cc1cc(N(c2ccc(-c3ccc(N(c4c(F)c(F)c(C(F)(F)F)c(F)c4F)c4c(F)c(F)c(C(F)(F)F)c(F)c4F)cc3)cc2)c2cc(C)cc(C(F)(F)F)c2)cc(C(F)(F)F)c1. The highest BCUT2D eigenvalue weighted by Crippen LogP contribution is 2.49. The zero-order chi connectivity index (χ0) is 47.8. The summed E-state index contributed by atoms with van der Waals surface area (Å²) in [6, 6.07) is 12.9. The van der Waals surface area contributed by atoms with Crippen molar-refractivity contribution in [3.63, 3.8) is 0 Å². The Labute approximate surface area is 346 Å². The first-order chi connectivity index (χ1) is 29.4. The summed E-state index contributed by atoms with van der Waals surface area (Å²) in [5.41, 5.74) is -15.5. The number of aryl methyl sites for hydroxylation is 2. The van der Waals surface area contributed by atoms with Gasteiger partial charge < -0.3 is 4.90 Å². The molecule has 2 nitrogen and oxygen atoms in total. The number of benzene rings is 6. The normalized spacial score (nSPS) is 12.5. The summed E-state index contributed by atoms with van der Waals surface area (Å²) in [6.07, 6.45) is -22.1. The largest absolute Gasteiger partial charge is 0.422 e. The Morgan fingerprint density at radius 2 is 0.594 bits per heavy atom. The highest BCUT2D eigenvalue weighted by Gasteiger charge is 2.47. The van der Waals surface area contributed by atoms with Gasteiger partial charge in [0.2, 0.25) is 0 Å². The molecule has 64 heavy (non-hydrogen) atoms. The maximum atomic E-state index is 15.4. The van der Waals surface area contributed by atoms with Gasteiger partial charge >= 0.3 is 24.7 Å². The third-order valence-corrected chi connectivity index (χ3v) is 9.37. The van der Waals surface area contributed by atoms with Gasteiger partial charge in [-0.05, 0) is 96.8 Å². The molecule has 338 valence electrons. The Morgan fingerprint density at radius 3 is 0.859 bits per heavy atom. The van der Waals surface area contributed by atoms with Crippen molar-refractivity contribution in [3.8, 4) is 11.1 Å². The van der Waals surface area contributed by atoms with Crippen molar-refractivity contribution in [1.82, 2.24) is 0 Å². The molecule has 0 bridgehead atoms. The van der Waals surface area contributed by atoms with E-state index < -0.39 is 115 Å². The molecule has 0 aliphatic carbocycles. The quantitative estimate of drug-likeness (QED) is 0.116. The molecule has 0 saturated carbocycles. The van der Waals surface area contributed by atoms with Crippen LogP contribution in [0.4, 0.5) is 122 Å². The van der Waals surface area contributed by atoms with Gasteiger partial charge in [-0.25, -0.2) is 35.1 Å². The van der Waals surface area contributed by atoms with Gasteiger partial charge in [0.05, 0.1) is 11.1 Å². The van der Waals surface area contributed by atoms with E-state index in [0.29, 0.717) is 24.3 Å². The standard InChI is InChI=1S/C42H20F20N2/c1-17-11-21(39(51,52)53)15-25(13-17)63(26-14-18(2)12-22(16-26)40(54,55)56)23-7-3-19(4-8-23)20-5-9-24(10-6-20)64(37-33(47)29(43)27(41(57,58)59)30(44)34(37)48)38-35(49)31(45)28(42(60,61)62)32(46)36(38)50/h3-16H,1-2H3. The monoisotopic (exact) mass is 932 g/mol. The summed E-state index contributed by atoms with van der Waals surface area (Å²) >= 11 is 0. The van der Waals surface area contributed by atoms with Crippen molar-refractivity contribution < 1.29 is 87.8 Å². The Morgan fingerprint density at radius 1 is 0.312 bits per heavy atom. The van der Waals surface area contributed by atoms with E-state index in [1.807, 2.05) is 0 Å². The number of alkyl halides is 12. The average Bonchev–Trinajstić information content (AvgIpc) is 3.17. The molecule has 6 aromatic rings. The van der Waals surface area contributed by atoms with Crippen molar-refractivity contribution in [2.24, 2.45) is 0 Å². The number of hydrogen-bond acceptors (Lipinski definition) is 2. The predicted octanol–water partition coefficient (Wildman–Crippen LogP) is 16.1. The summed E-state index contributed by atoms with van der Waals surface area (Å²) in [5, 5.41) is 0. The molecule has 0 fully saturated rings. The molecule has 0 saturated heterocycles. The number of halogens is 20. The zero-order valence-electron chi connectivity index (χ0n) is 31.5. The average molecular weight is 933 g/mol. The van der Waals surface area contributed by atoms with Crippen LogP contribution in [0.1, 0.15) is 33.4 Å². The lowest BCUT2D eigenvalue weighted by Gasteiger charge is -2.29. The second-order valence-electron chi connectivity index (χ2n) is 13.8. The Kier molecular flexibility index (Phi) is 11.9. The van der Waals surface area contributed by atoms with E-state index in [-0.39, 0.29) is 39.3 Å². The molecular formula is C42H20F20N2. The minimum Gasteiger partial charge on any atom is -0.310 e. The smallest absolute Gasteiger partial charge is 0.310 e. The van der Waals surface area contributed by atoms with Crippen LogP contribution >= 0.6 is 0 Å². The molecule has 6 aromatic carbocycles. The predicted molar refractivity (Wildman–Crippen MR) is 190 cm³/mol. The summed E-state index contributed by atoms with van der Waals surface area (Å²) in [6.45, 7) is 2.59. The van der Waals surface area contributed by atoms with Gasteiger partial charge in [-0.3, -0.25) is 4.90 Å². The molecule has 0 unspecified atom stereocenters. The highest BCUT2D eigenvalue weighted by molar-refractivity contribution is 5.82. The first-order valence-corrected chi connectivity index (χ1v) is 17.5. The minimum absolute atomic E-state index is 0.0485. The third kappa shape index (κ3) is 8.73. The van der Waals surface area contributed by atoms with Gasteiger partial charge in [0, 0.05) is 22.7 Å². The van der Waals surface area contributed by atoms with Crippen molar-refractivity contribution in [2.45, 2.75) is 38.6 Å². The number of nitrogens with zero attached hydrogens (tertiary/aromatic N) is 2. The van der Waals surface area contributed by atoms with E-state index in [0.717, 1.165) is 29.2 Å². The Balaban J connectivity index is 1.52. The van der Waals surface area contributed by atoms with Crippen LogP contribution in [0.25, 0.3) is 11.1 Å². The van der Waals surface area contributed by atoms with Gasteiger partial charge in [0.1, 0.15) is 22.5 Å². The summed E-state index contributed by atoms with van der Waals surface area (Å²) in [7, 11) is 0. The molecule has 0 radical (unpaired) electrons. The molecule has 0 aromatic heterocycles. The molecule has 22 heteroatoms. The lowest BCUT2D eigenvalue weighted by Crippen LogP contribution is -2.24. The molecule has 0 aliphatic heterocycles. The van der Waals surface area contributed by atoms with Crippen molar-refractivity contribution in [3.05, 3.63) is 165 Å². The van der Waals surface area contributed by atoms with Gasteiger partial charge in [-0.1, -0.05) is 24.3 Å². The van der Waals surface area contributed by atoms with Crippen LogP contribution in [0.15, 0.2) is 84.9 Å². The van der Waals surface area contributed by atoms with Crippen molar-refractivity contribution in [1.29, 1.82) is 0 Å². The van der Waals surface area contributed by atoms with Crippen LogP contribution in [0.3, 0.4) is 0 Å². The number of anilines is 6. The minimum atomic E-state index is -6.17. The van der Waals surface area contributed by atoms with Crippen LogP contribution < -0.4 is 9.80 Å². The van der Waals surface area contributed by atoms with Gasteiger partial charge in [0.25, 0.3) is 0 Å². The first kappa shape index (κ1) is 47.0. The summed E-state index contributed by atoms with van der Waals surface area (Å²) in [5.74, 6) is -25.3. The van der Waals surface area contributed by atoms with E-state index in [9.17, 15) is 70.2 Å². The van der Waals surface area contributed by atoms with Crippen LogP contribution in [0.5, 0.6) is 0 Å². The molecule has 0 atom stereocenters. The fourth-order valence-corrected chi connectivity index (χ4v) is 6.66. The van der Waals surface area contributed by atoms with Crippen molar-refractivity contribution >= 4 is 34.1 Å². The van der Waals surface area contributed by atoms with E-state index in [1.165, 1.54) is 50.2 Å². The van der Waals surface area contributed by atoms with E-state index >= 15 is 17.6 Å². The fraction of sp³-hybridized carbons (Fsp3) is 0.143. The molecule has 0 heterocycles. The maximum Gasteiger partial charge on any atom is 0.422 e. The topological polar surface area (TPSA) is 6.48 Å².